The van der Waals surface area contributed by atoms with Crippen LogP contribution in [0.1, 0.15) is 35.2 Å². The zero-order chi connectivity index (χ0) is 18.0. The molecule has 1 saturated heterocycles. The normalized spacial score (nSPS) is 15.2. The first kappa shape index (κ1) is 17.3. The fraction of sp³-hybridized carbons (Fsp3) is 0.316. The summed E-state index contributed by atoms with van der Waals surface area (Å²) >= 11 is 0. The molecule has 0 radical (unpaired) electrons. The van der Waals surface area contributed by atoms with Gasteiger partial charge in [0.1, 0.15) is 0 Å². The molecule has 2 N–H and O–H groups in total. The van der Waals surface area contributed by atoms with Crippen LogP contribution in [0.5, 0.6) is 0 Å². The Hall–Kier alpha value is -2.50. The van der Waals surface area contributed by atoms with Gasteiger partial charge in [0.05, 0.1) is 5.56 Å². The molecule has 2 aromatic rings. The highest BCUT2D eigenvalue weighted by atomic mass is 19.4. The maximum Gasteiger partial charge on any atom is 0.418 e. The molecule has 0 atom stereocenters. The number of nitrogens with two attached hydrogens (primary N) is 1. The van der Waals surface area contributed by atoms with Crippen LogP contribution in [0.15, 0.2) is 42.5 Å². The van der Waals surface area contributed by atoms with Gasteiger partial charge in [-0.3, -0.25) is 4.79 Å². The standard InChI is InChI=1S/C19H19F3N2O/c20-19(21,22)16-12-13(14-6-2-3-7-15(14)18(23)25)8-9-17(16)24-10-4-1-5-11-24/h2-3,6-9,12H,1,4-5,10-11H2,(H2,23,25). The van der Waals surface area contributed by atoms with Crippen molar-refractivity contribution in [3.63, 3.8) is 0 Å². The number of rotatable bonds is 3. The monoisotopic (exact) mass is 348 g/mol. The van der Waals surface area contributed by atoms with Crippen molar-refractivity contribution in [1.29, 1.82) is 0 Å². The van der Waals surface area contributed by atoms with Gasteiger partial charge in [-0.1, -0.05) is 24.3 Å². The number of halogens is 3. The van der Waals surface area contributed by atoms with Crippen molar-refractivity contribution in [1.82, 2.24) is 0 Å². The van der Waals surface area contributed by atoms with Gasteiger partial charge in [0, 0.05) is 24.3 Å². The number of anilines is 1. The summed E-state index contributed by atoms with van der Waals surface area (Å²) in [5.41, 5.74) is 5.83. The first-order valence-corrected chi connectivity index (χ1v) is 8.23. The van der Waals surface area contributed by atoms with E-state index in [-0.39, 0.29) is 11.3 Å². The molecule has 0 saturated carbocycles. The molecule has 0 unspecified atom stereocenters. The van der Waals surface area contributed by atoms with Crippen molar-refractivity contribution in [3.8, 4) is 11.1 Å². The van der Waals surface area contributed by atoms with Gasteiger partial charge >= 0.3 is 6.18 Å². The van der Waals surface area contributed by atoms with E-state index in [1.54, 1.807) is 29.2 Å². The van der Waals surface area contributed by atoms with Crippen LogP contribution in [0.4, 0.5) is 18.9 Å². The van der Waals surface area contributed by atoms with Crippen LogP contribution >= 0.6 is 0 Å². The van der Waals surface area contributed by atoms with Gasteiger partial charge in [-0.2, -0.15) is 13.2 Å². The van der Waals surface area contributed by atoms with Gasteiger partial charge in [-0.25, -0.2) is 0 Å². The van der Waals surface area contributed by atoms with E-state index in [1.165, 1.54) is 12.1 Å². The molecule has 0 aromatic heterocycles. The van der Waals surface area contributed by atoms with Gasteiger partial charge in [-0.15, -0.1) is 0 Å². The lowest BCUT2D eigenvalue weighted by Crippen LogP contribution is -2.31. The number of piperidine rings is 1. The van der Waals surface area contributed by atoms with Crippen LogP contribution in [0, 0.1) is 0 Å². The van der Waals surface area contributed by atoms with E-state index in [1.807, 2.05) is 0 Å². The highest BCUT2D eigenvalue weighted by Gasteiger charge is 2.35. The lowest BCUT2D eigenvalue weighted by molar-refractivity contribution is -0.137. The minimum absolute atomic E-state index is 0.201. The molecule has 2 aromatic carbocycles. The van der Waals surface area contributed by atoms with Crippen molar-refractivity contribution in [2.45, 2.75) is 25.4 Å². The molecule has 3 rings (SSSR count). The second kappa shape index (κ2) is 6.78. The Balaban J connectivity index is 2.11. The maximum atomic E-state index is 13.6. The van der Waals surface area contributed by atoms with E-state index in [4.69, 9.17) is 5.73 Å². The molecule has 1 aliphatic rings. The molecule has 1 aliphatic heterocycles. The SMILES string of the molecule is NC(=O)c1ccccc1-c1ccc(N2CCCCC2)c(C(F)(F)F)c1. The number of hydrogen-bond acceptors (Lipinski definition) is 2. The summed E-state index contributed by atoms with van der Waals surface area (Å²) < 4.78 is 40.9. The number of carbonyl (C=O) groups excluding carboxylic acids is 1. The fourth-order valence-electron chi connectivity index (χ4n) is 3.29. The van der Waals surface area contributed by atoms with E-state index in [9.17, 15) is 18.0 Å². The Morgan fingerprint density at radius 2 is 1.68 bits per heavy atom. The summed E-state index contributed by atoms with van der Waals surface area (Å²) in [5, 5.41) is 0. The lowest BCUT2D eigenvalue weighted by Gasteiger charge is -2.31. The molecule has 0 spiro atoms. The highest BCUT2D eigenvalue weighted by Crippen LogP contribution is 2.40. The first-order valence-electron chi connectivity index (χ1n) is 8.23. The van der Waals surface area contributed by atoms with E-state index in [0.717, 1.165) is 25.3 Å². The van der Waals surface area contributed by atoms with Crippen LogP contribution in [-0.4, -0.2) is 19.0 Å². The van der Waals surface area contributed by atoms with E-state index >= 15 is 0 Å². The number of benzene rings is 2. The summed E-state index contributed by atoms with van der Waals surface area (Å²) in [7, 11) is 0. The molecule has 0 aliphatic carbocycles. The molecular weight excluding hydrogens is 329 g/mol. The van der Waals surface area contributed by atoms with Crippen LogP contribution in [0.25, 0.3) is 11.1 Å². The van der Waals surface area contributed by atoms with Crippen molar-refractivity contribution in [2.75, 3.05) is 18.0 Å². The molecule has 1 amide bonds. The molecule has 25 heavy (non-hydrogen) atoms. The van der Waals surface area contributed by atoms with Crippen LogP contribution in [0.2, 0.25) is 0 Å². The number of nitrogens with zero attached hydrogens (tertiary/aromatic N) is 1. The third-order valence-corrected chi connectivity index (χ3v) is 4.50. The Morgan fingerprint density at radius 1 is 1.00 bits per heavy atom. The average Bonchev–Trinajstić information content (AvgIpc) is 2.61. The topological polar surface area (TPSA) is 46.3 Å². The maximum absolute atomic E-state index is 13.6. The molecule has 1 fully saturated rings. The molecular formula is C19H19F3N2O. The minimum atomic E-state index is -4.47. The average molecular weight is 348 g/mol. The molecule has 3 nitrogen and oxygen atoms in total. The number of alkyl halides is 3. The zero-order valence-corrected chi connectivity index (χ0v) is 13.6. The fourth-order valence-corrected chi connectivity index (χ4v) is 3.29. The minimum Gasteiger partial charge on any atom is -0.371 e. The number of amides is 1. The molecule has 132 valence electrons. The molecule has 0 bridgehead atoms. The Morgan fingerprint density at radius 3 is 2.32 bits per heavy atom. The van der Waals surface area contributed by atoms with E-state index in [0.29, 0.717) is 24.2 Å². The number of hydrogen-bond donors (Lipinski definition) is 1. The second-order valence-electron chi connectivity index (χ2n) is 6.19. The van der Waals surface area contributed by atoms with Crippen LogP contribution < -0.4 is 10.6 Å². The van der Waals surface area contributed by atoms with E-state index in [2.05, 4.69) is 0 Å². The number of carbonyl (C=O) groups is 1. The zero-order valence-electron chi connectivity index (χ0n) is 13.6. The predicted octanol–water partition coefficient (Wildman–Crippen LogP) is 4.46. The quantitative estimate of drug-likeness (QED) is 0.890. The van der Waals surface area contributed by atoms with Gasteiger partial charge in [0.2, 0.25) is 5.91 Å². The van der Waals surface area contributed by atoms with E-state index < -0.39 is 17.6 Å². The van der Waals surface area contributed by atoms with Gasteiger partial charge in [0.25, 0.3) is 0 Å². The van der Waals surface area contributed by atoms with Crippen LogP contribution in [-0.2, 0) is 6.18 Å². The lowest BCUT2D eigenvalue weighted by atomic mass is 9.96. The van der Waals surface area contributed by atoms with Crippen molar-refractivity contribution < 1.29 is 18.0 Å². The first-order chi connectivity index (χ1) is 11.9. The van der Waals surface area contributed by atoms with Gasteiger partial charge in [0.15, 0.2) is 0 Å². The predicted molar refractivity (Wildman–Crippen MR) is 91.5 cm³/mol. The summed E-state index contributed by atoms with van der Waals surface area (Å²) in [4.78, 5) is 13.4. The van der Waals surface area contributed by atoms with Gasteiger partial charge < -0.3 is 10.6 Å². The second-order valence-corrected chi connectivity index (χ2v) is 6.19. The Bertz CT molecular complexity index is 780. The summed E-state index contributed by atoms with van der Waals surface area (Å²) in [6.07, 6.45) is -1.64. The third kappa shape index (κ3) is 3.62. The van der Waals surface area contributed by atoms with Crippen molar-refractivity contribution in [3.05, 3.63) is 53.6 Å². The summed E-state index contributed by atoms with van der Waals surface area (Å²) in [6, 6.07) is 10.7. The largest absolute Gasteiger partial charge is 0.418 e. The number of primary amides is 1. The van der Waals surface area contributed by atoms with Crippen molar-refractivity contribution in [2.24, 2.45) is 5.73 Å². The summed E-state index contributed by atoms with van der Waals surface area (Å²) in [6.45, 7) is 1.25. The summed E-state index contributed by atoms with van der Waals surface area (Å²) in [5.74, 6) is -0.663. The van der Waals surface area contributed by atoms with Gasteiger partial charge in [-0.05, 0) is 48.6 Å². The molecule has 1 heterocycles. The smallest absolute Gasteiger partial charge is 0.371 e. The Kier molecular flexibility index (Phi) is 4.70. The Labute approximate surface area is 144 Å². The van der Waals surface area contributed by atoms with Crippen molar-refractivity contribution >= 4 is 11.6 Å². The van der Waals surface area contributed by atoms with Crippen LogP contribution in [0.3, 0.4) is 0 Å². The third-order valence-electron chi connectivity index (χ3n) is 4.50. The highest BCUT2D eigenvalue weighted by molar-refractivity contribution is 6.00. The molecule has 6 heteroatoms.